The van der Waals surface area contributed by atoms with Crippen molar-refractivity contribution in [2.24, 2.45) is 0 Å². The van der Waals surface area contributed by atoms with Gasteiger partial charge in [-0.05, 0) is 18.2 Å². The summed E-state index contributed by atoms with van der Waals surface area (Å²) in [5, 5.41) is 9.62. The van der Waals surface area contributed by atoms with Gasteiger partial charge < -0.3 is 14.9 Å². The molecule has 1 saturated heterocycles. The highest BCUT2D eigenvalue weighted by Crippen LogP contribution is 2.25. The van der Waals surface area contributed by atoms with Gasteiger partial charge in [0.25, 0.3) is 0 Å². The molecule has 1 aromatic rings. The summed E-state index contributed by atoms with van der Waals surface area (Å²) in [4.78, 5) is 26.2. The molecule has 0 atom stereocenters. The van der Waals surface area contributed by atoms with Crippen LogP contribution in [-0.4, -0.2) is 48.1 Å². The van der Waals surface area contributed by atoms with Crippen molar-refractivity contribution < 1.29 is 14.7 Å². The molecule has 102 valence electrons. The van der Waals surface area contributed by atoms with E-state index in [1.54, 1.807) is 24.0 Å². The second-order valence-electron chi connectivity index (χ2n) is 4.46. The molecule has 1 aliphatic heterocycles. The fraction of sp³-hybridized carbons (Fsp3) is 0.385. The minimum atomic E-state index is -0.994. The van der Waals surface area contributed by atoms with E-state index in [0.717, 1.165) is 0 Å². The van der Waals surface area contributed by atoms with Crippen LogP contribution >= 0.6 is 11.6 Å². The maximum Gasteiger partial charge on any atom is 0.337 e. The molecular weight excluding hydrogens is 268 g/mol. The van der Waals surface area contributed by atoms with E-state index in [9.17, 15) is 14.7 Å². The number of rotatable bonds is 2. The molecule has 19 heavy (non-hydrogen) atoms. The molecule has 6 heteroatoms. The number of hydrogen-bond donors (Lipinski definition) is 1. The molecule has 1 N–H and O–H groups in total. The number of nitrogens with zero attached hydrogens (tertiary/aromatic N) is 2. The first-order valence-electron chi connectivity index (χ1n) is 6.02. The Morgan fingerprint density at radius 1 is 1.21 bits per heavy atom. The van der Waals surface area contributed by atoms with Crippen LogP contribution in [0.1, 0.15) is 17.3 Å². The number of carboxylic acids is 1. The third kappa shape index (κ3) is 2.98. The summed E-state index contributed by atoms with van der Waals surface area (Å²) in [7, 11) is 0. The average molecular weight is 283 g/mol. The van der Waals surface area contributed by atoms with E-state index in [2.05, 4.69) is 0 Å². The highest BCUT2D eigenvalue weighted by molar-refractivity contribution is 6.31. The van der Waals surface area contributed by atoms with Gasteiger partial charge in [0.1, 0.15) is 0 Å². The highest BCUT2D eigenvalue weighted by atomic mass is 35.5. The summed E-state index contributed by atoms with van der Waals surface area (Å²) in [6.07, 6.45) is 0. The number of piperazine rings is 1. The number of benzene rings is 1. The number of carboxylic acid groups (broad SMARTS) is 1. The van der Waals surface area contributed by atoms with Gasteiger partial charge >= 0.3 is 5.97 Å². The molecule has 2 rings (SSSR count). The summed E-state index contributed by atoms with van der Waals surface area (Å²) in [5.41, 5.74) is 0.851. The Kier molecular flexibility index (Phi) is 3.95. The zero-order valence-electron chi connectivity index (χ0n) is 10.6. The fourth-order valence-electron chi connectivity index (χ4n) is 2.22. The number of carbonyl (C=O) groups is 2. The van der Waals surface area contributed by atoms with Gasteiger partial charge in [-0.15, -0.1) is 0 Å². The predicted octanol–water partition coefficient (Wildman–Crippen LogP) is 1.71. The van der Waals surface area contributed by atoms with Crippen LogP contribution in [0.25, 0.3) is 0 Å². The van der Waals surface area contributed by atoms with Gasteiger partial charge in [-0.1, -0.05) is 11.6 Å². The van der Waals surface area contributed by atoms with Gasteiger partial charge in [-0.3, -0.25) is 4.79 Å². The number of hydrogen-bond acceptors (Lipinski definition) is 3. The van der Waals surface area contributed by atoms with Crippen molar-refractivity contribution in [3.63, 3.8) is 0 Å². The smallest absolute Gasteiger partial charge is 0.337 e. The molecule has 0 aromatic heterocycles. The van der Waals surface area contributed by atoms with Crippen molar-refractivity contribution in [3.8, 4) is 0 Å². The van der Waals surface area contributed by atoms with E-state index >= 15 is 0 Å². The van der Waals surface area contributed by atoms with Crippen molar-refractivity contribution in [3.05, 3.63) is 28.8 Å². The second-order valence-corrected chi connectivity index (χ2v) is 4.90. The molecule has 1 aliphatic rings. The van der Waals surface area contributed by atoms with Gasteiger partial charge in [0.2, 0.25) is 5.91 Å². The molecule has 1 aromatic carbocycles. The Hall–Kier alpha value is -1.75. The quantitative estimate of drug-likeness (QED) is 0.897. The SMILES string of the molecule is CC(=O)N1CCN(c2ccc(Cl)cc2C(=O)O)CC1. The minimum Gasteiger partial charge on any atom is -0.478 e. The van der Waals surface area contributed by atoms with Gasteiger partial charge in [-0.25, -0.2) is 4.79 Å². The Bertz CT molecular complexity index is 511. The van der Waals surface area contributed by atoms with Gasteiger partial charge in [0.05, 0.1) is 11.3 Å². The summed E-state index contributed by atoms with van der Waals surface area (Å²) in [6, 6.07) is 4.85. The first kappa shape index (κ1) is 13.7. The maximum absolute atomic E-state index is 11.3. The third-order valence-corrected chi connectivity index (χ3v) is 3.49. The van der Waals surface area contributed by atoms with Crippen molar-refractivity contribution in [2.45, 2.75) is 6.92 Å². The van der Waals surface area contributed by atoms with Gasteiger partial charge in [0.15, 0.2) is 0 Å². The maximum atomic E-state index is 11.3. The van der Waals surface area contributed by atoms with Crippen molar-refractivity contribution in [1.82, 2.24) is 4.90 Å². The van der Waals surface area contributed by atoms with Gasteiger partial charge in [-0.2, -0.15) is 0 Å². The summed E-state index contributed by atoms with van der Waals surface area (Å²) >= 11 is 5.83. The Morgan fingerprint density at radius 2 is 1.84 bits per heavy atom. The van der Waals surface area contributed by atoms with E-state index in [1.807, 2.05) is 4.90 Å². The number of halogens is 1. The average Bonchev–Trinajstić information content (AvgIpc) is 2.38. The molecule has 0 saturated carbocycles. The van der Waals surface area contributed by atoms with Crippen LogP contribution in [0.4, 0.5) is 5.69 Å². The first-order chi connectivity index (χ1) is 8.99. The lowest BCUT2D eigenvalue weighted by Gasteiger charge is -2.36. The van der Waals surface area contributed by atoms with Crippen LogP contribution in [-0.2, 0) is 4.79 Å². The minimum absolute atomic E-state index is 0.0502. The van der Waals surface area contributed by atoms with E-state index in [1.165, 1.54) is 6.07 Å². The Morgan fingerprint density at radius 3 is 2.37 bits per heavy atom. The van der Waals surface area contributed by atoms with Crippen molar-refractivity contribution in [1.29, 1.82) is 0 Å². The number of amides is 1. The molecule has 0 radical (unpaired) electrons. The van der Waals surface area contributed by atoms with Crippen LogP contribution in [0.5, 0.6) is 0 Å². The number of anilines is 1. The van der Waals surface area contributed by atoms with Crippen molar-refractivity contribution >= 4 is 29.2 Å². The highest BCUT2D eigenvalue weighted by Gasteiger charge is 2.22. The summed E-state index contributed by atoms with van der Waals surface area (Å²) < 4.78 is 0. The largest absolute Gasteiger partial charge is 0.478 e. The molecular formula is C13H15ClN2O3. The lowest BCUT2D eigenvalue weighted by Crippen LogP contribution is -2.48. The summed E-state index contributed by atoms with van der Waals surface area (Å²) in [5.74, 6) is -0.944. The van der Waals surface area contributed by atoms with Crippen LogP contribution in [0.3, 0.4) is 0 Å². The molecule has 1 heterocycles. The lowest BCUT2D eigenvalue weighted by molar-refractivity contribution is -0.129. The Balaban J connectivity index is 2.20. The molecule has 0 bridgehead atoms. The zero-order chi connectivity index (χ0) is 14.0. The van der Waals surface area contributed by atoms with Crippen LogP contribution in [0, 0.1) is 0 Å². The molecule has 1 amide bonds. The second kappa shape index (κ2) is 5.48. The molecule has 0 aliphatic carbocycles. The van der Waals surface area contributed by atoms with Crippen molar-refractivity contribution in [2.75, 3.05) is 31.1 Å². The number of aromatic carboxylic acids is 1. The first-order valence-corrected chi connectivity index (χ1v) is 6.40. The van der Waals surface area contributed by atoms with Crippen LogP contribution in [0.15, 0.2) is 18.2 Å². The molecule has 0 unspecified atom stereocenters. The van der Waals surface area contributed by atoms with Crippen LogP contribution in [0.2, 0.25) is 5.02 Å². The van der Waals surface area contributed by atoms with Crippen LogP contribution < -0.4 is 4.90 Å². The molecule has 1 fully saturated rings. The van der Waals surface area contributed by atoms with E-state index in [-0.39, 0.29) is 11.5 Å². The number of carbonyl (C=O) groups excluding carboxylic acids is 1. The fourth-order valence-corrected chi connectivity index (χ4v) is 2.39. The summed E-state index contributed by atoms with van der Waals surface area (Å²) in [6.45, 7) is 4.01. The topological polar surface area (TPSA) is 60.9 Å². The van der Waals surface area contributed by atoms with E-state index in [4.69, 9.17) is 11.6 Å². The molecule has 5 nitrogen and oxygen atoms in total. The monoisotopic (exact) mass is 282 g/mol. The molecule has 0 spiro atoms. The Labute approximate surface area is 116 Å². The van der Waals surface area contributed by atoms with Gasteiger partial charge in [0, 0.05) is 38.1 Å². The predicted molar refractivity (Wildman–Crippen MR) is 72.9 cm³/mol. The van der Waals surface area contributed by atoms with E-state index in [0.29, 0.717) is 36.9 Å². The lowest BCUT2D eigenvalue weighted by atomic mass is 10.1. The standard InChI is InChI=1S/C13H15ClN2O3/c1-9(17)15-4-6-16(7-5-15)12-3-2-10(14)8-11(12)13(18)19/h2-3,8H,4-7H2,1H3,(H,18,19). The normalized spacial score (nSPS) is 15.5. The third-order valence-electron chi connectivity index (χ3n) is 3.25. The van der Waals surface area contributed by atoms with E-state index < -0.39 is 5.97 Å². The zero-order valence-corrected chi connectivity index (χ0v) is 11.4.